The molecule has 0 saturated carbocycles. The van der Waals surface area contributed by atoms with Crippen LogP contribution in [0.15, 0.2) is 16.3 Å². The van der Waals surface area contributed by atoms with Gasteiger partial charge in [0.25, 0.3) is 10.0 Å². The SMILES string of the molecule is CCc1nnc(NS(=O)(=O)c2csc(CNC)c2)s1. The van der Waals surface area contributed by atoms with Gasteiger partial charge in [-0.1, -0.05) is 18.3 Å². The molecule has 0 aliphatic carbocycles. The van der Waals surface area contributed by atoms with Crippen molar-refractivity contribution in [3.63, 3.8) is 0 Å². The van der Waals surface area contributed by atoms with Crippen molar-refractivity contribution in [2.24, 2.45) is 0 Å². The van der Waals surface area contributed by atoms with Gasteiger partial charge >= 0.3 is 0 Å². The zero-order valence-corrected chi connectivity index (χ0v) is 13.0. The number of hydrogen-bond acceptors (Lipinski definition) is 7. The first kappa shape index (κ1) is 14.4. The maximum Gasteiger partial charge on any atom is 0.264 e. The van der Waals surface area contributed by atoms with Crippen LogP contribution in [0.5, 0.6) is 0 Å². The molecule has 0 aliphatic heterocycles. The van der Waals surface area contributed by atoms with Crippen LogP contribution in [-0.4, -0.2) is 25.7 Å². The van der Waals surface area contributed by atoms with Gasteiger partial charge in [-0.3, -0.25) is 4.72 Å². The average Bonchev–Trinajstić information content (AvgIpc) is 2.98. The summed E-state index contributed by atoms with van der Waals surface area (Å²) in [7, 11) is -1.75. The van der Waals surface area contributed by atoms with Crippen molar-refractivity contribution < 1.29 is 8.42 Å². The maximum absolute atomic E-state index is 12.1. The number of nitrogens with one attached hydrogen (secondary N) is 2. The third-order valence-corrected chi connectivity index (χ3v) is 5.80. The molecule has 104 valence electrons. The topological polar surface area (TPSA) is 84.0 Å². The molecule has 0 aliphatic rings. The average molecular weight is 318 g/mol. The molecule has 2 heterocycles. The Labute approximate surface area is 119 Å². The molecule has 0 radical (unpaired) electrons. The van der Waals surface area contributed by atoms with E-state index in [1.54, 1.807) is 11.4 Å². The Balaban J connectivity index is 2.16. The van der Waals surface area contributed by atoms with Gasteiger partial charge in [-0.2, -0.15) is 0 Å². The molecule has 2 rings (SSSR count). The predicted octanol–water partition coefficient (Wildman–Crippen LogP) is 1.68. The zero-order chi connectivity index (χ0) is 13.9. The summed E-state index contributed by atoms with van der Waals surface area (Å²) < 4.78 is 26.7. The van der Waals surface area contributed by atoms with E-state index in [2.05, 4.69) is 20.2 Å². The second-order valence-electron chi connectivity index (χ2n) is 3.74. The van der Waals surface area contributed by atoms with Crippen molar-refractivity contribution in [3.05, 3.63) is 21.3 Å². The fourth-order valence-electron chi connectivity index (χ4n) is 1.38. The highest BCUT2D eigenvalue weighted by molar-refractivity contribution is 7.93. The van der Waals surface area contributed by atoms with Crippen molar-refractivity contribution >= 4 is 37.8 Å². The molecule has 19 heavy (non-hydrogen) atoms. The van der Waals surface area contributed by atoms with Crippen molar-refractivity contribution in [2.45, 2.75) is 24.8 Å². The lowest BCUT2D eigenvalue weighted by Crippen LogP contribution is -2.12. The molecule has 2 aromatic heterocycles. The van der Waals surface area contributed by atoms with Crippen LogP contribution in [-0.2, 0) is 23.0 Å². The van der Waals surface area contributed by atoms with E-state index in [0.717, 1.165) is 16.3 Å². The Kier molecular flexibility index (Phi) is 4.50. The van der Waals surface area contributed by atoms with E-state index in [4.69, 9.17) is 0 Å². The highest BCUT2D eigenvalue weighted by Gasteiger charge is 2.18. The quantitative estimate of drug-likeness (QED) is 0.846. The normalized spacial score (nSPS) is 11.7. The molecule has 0 spiro atoms. The highest BCUT2D eigenvalue weighted by Crippen LogP contribution is 2.23. The Hall–Kier alpha value is -1.03. The van der Waals surface area contributed by atoms with E-state index in [-0.39, 0.29) is 4.90 Å². The summed E-state index contributed by atoms with van der Waals surface area (Å²) in [6.45, 7) is 2.60. The van der Waals surface area contributed by atoms with E-state index in [1.165, 1.54) is 22.7 Å². The smallest absolute Gasteiger partial charge is 0.264 e. The minimum absolute atomic E-state index is 0.260. The summed E-state index contributed by atoms with van der Waals surface area (Å²) in [4.78, 5) is 1.23. The van der Waals surface area contributed by atoms with Gasteiger partial charge in [-0.25, -0.2) is 8.42 Å². The molecule has 0 amide bonds. The van der Waals surface area contributed by atoms with Crippen LogP contribution in [0.3, 0.4) is 0 Å². The van der Waals surface area contributed by atoms with Gasteiger partial charge in [-0.15, -0.1) is 21.5 Å². The number of anilines is 1. The largest absolute Gasteiger partial charge is 0.315 e. The molecule has 0 saturated heterocycles. The molecule has 0 fully saturated rings. The van der Waals surface area contributed by atoms with E-state index < -0.39 is 10.0 Å². The molecular formula is C10H14N4O2S3. The summed E-state index contributed by atoms with van der Waals surface area (Å²) in [6.07, 6.45) is 0.740. The molecule has 9 heteroatoms. The number of aryl methyl sites for hydroxylation is 1. The standard InChI is InChI=1S/C10H14N4O2S3/c1-3-9-12-13-10(18-9)14-19(15,16)8-4-7(5-11-2)17-6-8/h4,6,11H,3,5H2,1-2H3,(H,13,14). The monoisotopic (exact) mass is 318 g/mol. The lowest BCUT2D eigenvalue weighted by atomic mass is 10.5. The van der Waals surface area contributed by atoms with E-state index in [9.17, 15) is 8.42 Å². The Morgan fingerprint density at radius 2 is 2.16 bits per heavy atom. The van der Waals surface area contributed by atoms with Gasteiger partial charge in [0.15, 0.2) is 0 Å². The number of sulfonamides is 1. The van der Waals surface area contributed by atoms with Gasteiger partial charge in [0.1, 0.15) is 5.01 Å². The van der Waals surface area contributed by atoms with Crippen LogP contribution in [0.25, 0.3) is 0 Å². The third kappa shape index (κ3) is 3.50. The van der Waals surface area contributed by atoms with Crippen molar-refractivity contribution in [1.29, 1.82) is 0 Å². The molecule has 6 nitrogen and oxygen atoms in total. The third-order valence-electron chi connectivity index (χ3n) is 2.28. The number of hydrogen-bond donors (Lipinski definition) is 2. The van der Waals surface area contributed by atoms with Gasteiger partial charge in [0.2, 0.25) is 5.13 Å². The second kappa shape index (κ2) is 5.95. The van der Waals surface area contributed by atoms with Crippen LogP contribution in [0.1, 0.15) is 16.8 Å². The van der Waals surface area contributed by atoms with Gasteiger partial charge in [0, 0.05) is 16.8 Å². The zero-order valence-electron chi connectivity index (χ0n) is 10.5. The minimum Gasteiger partial charge on any atom is -0.315 e. The summed E-state index contributed by atoms with van der Waals surface area (Å²) in [5, 5.41) is 13.4. The van der Waals surface area contributed by atoms with Crippen LogP contribution >= 0.6 is 22.7 Å². The fourth-order valence-corrected chi connectivity index (χ4v) is 4.58. The van der Waals surface area contributed by atoms with E-state index in [0.29, 0.717) is 11.7 Å². The molecule has 0 aromatic carbocycles. The molecule has 2 aromatic rings. The maximum atomic E-state index is 12.1. The van der Waals surface area contributed by atoms with Crippen molar-refractivity contribution in [1.82, 2.24) is 15.5 Å². The lowest BCUT2D eigenvalue weighted by Gasteiger charge is -2.01. The van der Waals surface area contributed by atoms with Crippen LogP contribution in [0.4, 0.5) is 5.13 Å². The Morgan fingerprint density at radius 3 is 2.79 bits per heavy atom. The molecule has 0 bridgehead atoms. The van der Waals surface area contributed by atoms with Crippen LogP contribution < -0.4 is 10.0 Å². The Bertz CT molecular complexity index is 647. The first-order valence-corrected chi connectivity index (χ1v) is 8.80. The van der Waals surface area contributed by atoms with Crippen LogP contribution in [0.2, 0.25) is 0 Å². The summed E-state index contributed by atoms with van der Waals surface area (Å²) in [5.74, 6) is 0. The second-order valence-corrected chi connectivity index (χ2v) is 7.48. The van der Waals surface area contributed by atoms with Gasteiger partial charge in [0.05, 0.1) is 4.90 Å². The van der Waals surface area contributed by atoms with E-state index in [1.807, 2.05) is 14.0 Å². The number of rotatable bonds is 6. The van der Waals surface area contributed by atoms with Crippen LogP contribution in [0, 0.1) is 0 Å². The summed E-state index contributed by atoms with van der Waals surface area (Å²) in [5.41, 5.74) is 0. The predicted molar refractivity (Wildman–Crippen MR) is 77.2 cm³/mol. The summed E-state index contributed by atoms with van der Waals surface area (Å²) in [6, 6.07) is 1.66. The number of nitrogens with zero attached hydrogens (tertiary/aromatic N) is 2. The molecular weight excluding hydrogens is 304 g/mol. The molecule has 0 unspecified atom stereocenters. The van der Waals surface area contributed by atoms with Crippen molar-refractivity contribution in [2.75, 3.05) is 11.8 Å². The highest BCUT2D eigenvalue weighted by atomic mass is 32.2. The van der Waals surface area contributed by atoms with E-state index >= 15 is 0 Å². The first-order chi connectivity index (χ1) is 9.05. The summed E-state index contributed by atoms with van der Waals surface area (Å²) >= 11 is 2.66. The molecule has 2 N–H and O–H groups in total. The minimum atomic E-state index is -3.57. The first-order valence-electron chi connectivity index (χ1n) is 5.62. The number of aromatic nitrogens is 2. The van der Waals surface area contributed by atoms with Crippen molar-refractivity contribution in [3.8, 4) is 0 Å². The lowest BCUT2D eigenvalue weighted by molar-refractivity contribution is 0.601. The molecule has 0 atom stereocenters. The van der Waals surface area contributed by atoms with Gasteiger partial charge < -0.3 is 5.32 Å². The van der Waals surface area contributed by atoms with Gasteiger partial charge in [-0.05, 0) is 19.5 Å². The fraction of sp³-hybridized carbons (Fsp3) is 0.400. The Morgan fingerprint density at radius 1 is 1.37 bits per heavy atom. The number of thiophene rings is 1.